The summed E-state index contributed by atoms with van der Waals surface area (Å²) >= 11 is 0. The predicted molar refractivity (Wildman–Crippen MR) is 64.6 cm³/mol. The molecule has 0 amide bonds. The van der Waals surface area contributed by atoms with Crippen molar-refractivity contribution in [3.8, 4) is 0 Å². The van der Waals surface area contributed by atoms with E-state index in [1.807, 2.05) is 37.3 Å². The second-order valence-electron chi connectivity index (χ2n) is 3.50. The minimum absolute atomic E-state index is 0.460. The van der Waals surface area contributed by atoms with E-state index in [4.69, 9.17) is 5.73 Å². The first kappa shape index (κ1) is 11.3. The summed E-state index contributed by atoms with van der Waals surface area (Å²) < 4.78 is 0. The van der Waals surface area contributed by atoms with Crippen molar-refractivity contribution in [2.45, 2.75) is 13.5 Å². The standard InChI is InChI=1S/C12H17N3/c1-10(2)8-14-12(13)15-9-11-6-4-3-5-7-11/h3-7H,1,8-9H2,2H3,(H3,13,14,15). The minimum atomic E-state index is 0.460. The van der Waals surface area contributed by atoms with Gasteiger partial charge in [0.15, 0.2) is 5.96 Å². The first-order valence-corrected chi connectivity index (χ1v) is 4.90. The number of hydrogen-bond donors (Lipinski definition) is 2. The second-order valence-corrected chi connectivity index (χ2v) is 3.50. The maximum Gasteiger partial charge on any atom is 0.189 e. The molecule has 0 aliphatic rings. The molecule has 0 aliphatic carbocycles. The van der Waals surface area contributed by atoms with Gasteiger partial charge in [-0.2, -0.15) is 0 Å². The number of nitrogens with two attached hydrogens (primary N) is 1. The van der Waals surface area contributed by atoms with Gasteiger partial charge in [0, 0.05) is 6.54 Å². The fourth-order valence-electron chi connectivity index (χ4n) is 1.06. The molecule has 0 spiro atoms. The van der Waals surface area contributed by atoms with Crippen LogP contribution in [-0.2, 0) is 6.54 Å². The Morgan fingerprint density at radius 3 is 2.67 bits per heavy atom. The molecule has 0 heterocycles. The molecule has 0 atom stereocenters. The number of guanidine groups is 1. The van der Waals surface area contributed by atoms with Gasteiger partial charge in [-0.1, -0.05) is 42.5 Å². The van der Waals surface area contributed by atoms with Gasteiger partial charge in [-0.3, -0.25) is 0 Å². The van der Waals surface area contributed by atoms with E-state index in [0.717, 1.165) is 11.1 Å². The van der Waals surface area contributed by atoms with E-state index in [2.05, 4.69) is 16.9 Å². The summed E-state index contributed by atoms with van der Waals surface area (Å²) in [4.78, 5) is 4.21. The van der Waals surface area contributed by atoms with Crippen LogP contribution in [0.5, 0.6) is 0 Å². The zero-order valence-corrected chi connectivity index (χ0v) is 9.03. The molecule has 80 valence electrons. The van der Waals surface area contributed by atoms with Crippen molar-refractivity contribution < 1.29 is 0 Å². The van der Waals surface area contributed by atoms with Crippen LogP contribution in [-0.4, -0.2) is 12.5 Å². The first-order chi connectivity index (χ1) is 7.18. The molecule has 0 radical (unpaired) electrons. The molecule has 1 aromatic rings. The summed E-state index contributed by atoms with van der Waals surface area (Å²) in [5.41, 5.74) is 7.85. The Morgan fingerprint density at radius 2 is 2.07 bits per heavy atom. The highest BCUT2D eigenvalue weighted by atomic mass is 15.1. The van der Waals surface area contributed by atoms with Crippen LogP contribution in [0.15, 0.2) is 47.5 Å². The van der Waals surface area contributed by atoms with E-state index >= 15 is 0 Å². The number of hydrogen-bond acceptors (Lipinski definition) is 1. The summed E-state index contributed by atoms with van der Waals surface area (Å²) in [5, 5.41) is 2.98. The summed E-state index contributed by atoms with van der Waals surface area (Å²) in [6.07, 6.45) is 0. The number of nitrogens with one attached hydrogen (secondary N) is 1. The van der Waals surface area contributed by atoms with E-state index in [0.29, 0.717) is 19.0 Å². The molecule has 0 fully saturated rings. The average molecular weight is 203 g/mol. The van der Waals surface area contributed by atoms with Gasteiger partial charge in [0.25, 0.3) is 0 Å². The summed E-state index contributed by atoms with van der Waals surface area (Å²) in [6, 6.07) is 10.0. The number of nitrogens with zero attached hydrogens (tertiary/aromatic N) is 1. The molecule has 0 aliphatic heterocycles. The molecule has 3 nitrogen and oxygen atoms in total. The fraction of sp³-hybridized carbons (Fsp3) is 0.250. The maximum atomic E-state index is 5.67. The Balaban J connectivity index is 2.40. The molecule has 15 heavy (non-hydrogen) atoms. The zero-order valence-electron chi connectivity index (χ0n) is 9.03. The SMILES string of the molecule is C=C(C)CNC(N)=NCc1ccccc1. The minimum Gasteiger partial charge on any atom is -0.370 e. The molecule has 3 heteroatoms. The lowest BCUT2D eigenvalue weighted by Crippen LogP contribution is -2.32. The topological polar surface area (TPSA) is 50.4 Å². The lowest BCUT2D eigenvalue weighted by molar-refractivity contribution is 0.940. The van der Waals surface area contributed by atoms with E-state index in [-0.39, 0.29) is 0 Å². The van der Waals surface area contributed by atoms with Gasteiger partial charge < -0.3 is 11.1 Å². The van der Waals surface area contributed by atoms with Gasteiger partial charge in [-0.15, -0.1) is 0 Å². The van der Waals surface area contributed by atoms with E-state index in [1.54, 1.807) is 0 Å². The van der Waals surface area contributed by atoms with Crippen molar-refractivity contribution in [2.75, 3.05) is 6.54 Å². The number of rotatable bonds is 4. The van der Waals surface area contributed by atoms with Crippen LogP contribution in [0.25, 0.3) is 0 Å². The van der Waals surface area contributed by atoms with Gasteiger partial charge in [0.05, 0.1) is 6.54 Å². The van der Waals surface area contributed by atoms with Gasteiger partial charge in [0.2, 0.25) is 0 Å². The van der Waals surface area contributed by atoms with E-state index < -0.39 is 0 Å². The van der Waals surface area contributed by atoms with Crippen LogP contribution >= 0.6 is 0 Å². The lowest BCUT2D eigenvalue weighted by Gasteiger charge is -2.04. The molecular formula is C12H17N3. The van der Waals surface area contributed by atoms with Crippen molar-refractivity contribution in [3.63, 3.8) is 0 Å². The Bertz CT molecular complexity index is 341. The maximum absolute atomic E-state index is 5.67. The van der Waals surface area contributed by atoms with E-state index in [1.165, 1.54) is 0 Å². The lowest BCUT2D eigenvalue weighted by atomic mass is 10.2. The van der Waals surface area contributed by atoms with Crippen LogP contribution in [0.4, 0.5) is 0 Å². The smallest absolute Gasteiger partial charge is 0.189 e. The summed E-state index contributed by atoms with van der Waals surface area (Å²) in [5.74, 6) is 0.460. The first-order valence-electron chi connectivity index (χ1n) is 4.90. The predicted octanol–water partition coefficient (Wildman–Crippen LogP) is 1.67. The normalized spacial score (nSPS) is 11.1. The van der Waals surface area contributed by atoms with Crippen molar-refractivity contribution in [3.05, 3.63) is 48.0 Å². The monoisotopic (exact) mass is 203 g/mol. The summed E-state index contributed by atoms with van der Waals surface area (Å²) in [7, 11) is 0. The van der Waals surface area contributed by atoms with Gasteiger partial charge in [-0.25, -0.2) is 4.99 Å². The van der Waals surface area contributed by atoms with Crippen molar-refractivity contribution in [1.29, 1.82) is 0 Å². The largest absolute Gasteiger partial charge is 0.370 e. The quantitative estimate of drug-likeness (QED) is 0.444. The Kier molecular flexibility index (Phi) is 4.41. The molecule has 1 rings (SSSR count). The molecule has 3 N–H and O–H groups in total. The van der Waals surface area contributed by atoms with Gasteiger partial charge in [0.1, 0.15) is 0 Å². The highest BCUT2D eigenvalue weighted by Gasteiger charge is 1.92. The molecule has 0 saturated carbocycles. The molecule has 0 aromatic heterocycles. The molecule has 1 aromatic carbocycles. The third-order valence-electron chi connectivity index (χ3n) is 1.85. The molecule has 0 unspecified atom stereocenters. The third-order valence-corrected chi connectivity index (χ3v) is 1.85. The highest BCUT2D eigenvalue weighted by Crippen LogP contribution is 1.99. The van der Waals surface area contributed by atoms with Crippen LogP contribution in [0.1, 0.15) is 12.5 Å². The van der Waals surface area contributed by atoms with Crippen molar-refractivity contribution >= 4 is 5.96 Å². The van der Waals surface area contributed by atoms with Crippen LogP contribution < -0.4 is 11.1 Å². The Morgan fingerprint density at radius 1 is 1.40 bits per heavy atom. The summed E-state index contributed by atoms with van der Waals surface area (Å²) in [6.45, 7) is 6.99. The third kappa shape index (κ3) is 4.86. The molecule has 0 bridgehead atoms. The highest BCUT2D eigenvalue weighted by molar-refractivity contribution is 5.78. The zero-order chi connectivity index (χ0) is 11.1. The molecule has 0 saturated heterocycles. The Hall–Kier alpha value is -1.77. The fourth-order valence-corrected chi connectivity index (χ4v) is 1.06. The van der Waals surface area contributed by atoms with Crippen LogP contribution in [0.3, 0.4) is 0 Å². The number of benzene rings is 1. The molecular weight excluding hydrogens is 186 g/mol. The second kappa shape index (κ2) is 5.86. The Labute approximate surface area is 90.7 Å². The van der Waals surface area contributed by atoms with Crippen molar-refractivity contribution in [1.82, 2.24) is 5.32 Å². The number of aliphatic imine (C=N–C) groups is 1. The van der Waals surface area contributed by atoms with Crippen LogP contribution in [0, 0.1) is 0 Å². The van der Waals surface area contributed by atoms with Gasteiger partial charge >= 0.3 is 0 Å². The van der Waals surface area contributed by atoms with Gasteiger partial charge in [-0.05, 0) is 12.5 Å². The van der Waals surface area contributed by atoms with Crippen LogP contribution in [0.2, 0.25) is 0 Å². The van der Waals surface area contributed by atoms with E-state index in [9.17, 15) is 0 Å². The average Bonchev–Trinajstić information content (AvgIpc) is 2.25. The van der Waals surface area contributed by atoms with Crippen molar-refractivity contribution in [2.24, 2.45) is 10.7 Å².